The zero-order chi connectivity index (χ0) is 26.1. The quantitative estimate of drug-likeness (QED) is 0.477. The number of alkyl carbamates (subject to hydrolysis) is 1. The van der Waals surface area contributed by atoms with Gasteiger partial charge in [-0.2, -0.15) is 13.2 Å². The van der Waals surface area contributed by atoms with Gasteiger partial charge in [-0.3, -0.25) is 4.79 Å². The van der Waals surface area contributed by atoms with Crippen LogP contribution >= 0.6 is 0 Å². The molecule has 1 fully saturated rings. The minimum absolute atomic E-state index is 0.0597. The number of carbonyl (C=O) groups excluding carboxylic acids is 3. The van der Waals surface area contributed by atoms with Gasteiger partial charge in [0, 0.05) is 6.04 Å². The van der Waals surface area contributed by atoms with Crippen LogP contribution < -0.4 is 10.6 Å². The molecule has 1 heterocycles. The summed E-state index contributed by atoms with van der Waals surface area (Å²) in [5, 5.41) is 4.65. The van der Waals surface area contributed by atoms with Crippen LogP contribution in [0.1, 0.15) is 24.0 Å². The molecule has 0 bridgehead atoms. The van der Waals surface area contributed by atoms with Gasteiger partial charge in [-0.05, 0) is 24.0 Å². The molecular formula is C25H27F3N2O6. The molecule has 2 amide bonds. The summed E-state index contributed by atoms with van der Waals surface area (Å²) < 4.78 is 56.9. The van der Waals surface area contributed by atoms with E-state index in [-0.39, 0.29) is 26.1 Å². The number of nitrogens with one attached hydrogen (secondary N) is 2. The van der Waals surface area contributed by atoms with Crippen LogP contribution in [0.3, 0.4) is 0 Å². The van der Waals surface area contributed by atoms with Crippen molar-refractivity contribution in [3.05, 3.63) is 71.8 Å². The number of benzene rings is 2. The Bertz CT molecular complexity index is 1020. The van der Waals surface area contributed by atoms with Gasteiger partial charge < -0.3 is 24.8 Å². The number of alkyl halides is 3. The van der Waals surface area contributed by atoms with E-state index in [0.717, 1.165) is 7.11 Å². The van der Waals surface area contributed by atoms with E-state index in [1.807, 2.05) is 0 Å². The van der Waals surface area contributed by atoms with Crippen molar-refractivity contribution in [2.45, 2.75) is 50.4 Å². The maximum absolute atomic E-state index is 13.9. The predicted octanol–water partition coefficient (Wildman–Crippen LogP) is 3.50. The van der Waals surface area contributed by atoms with Gasteiger partial charge in [0.05, 0.1) is 13.7 Å². The lowest BCUT2D eigenvalue weighted by molar-refractivity contribution is -0.205. The van der Waals surface area contributed by atoms with Crippen LogP contribution in [-0.2, 0) is 37.0 Å². The first-order valence-electron chi connectivity index (χ1n) is 11.3. The molecule has 1 saturated heterocycles. The average molecular weight is 508 g/mol. The van der Waals surface area contributed by atoms with Crippen molar-refractivity contribution < 1.29 is 41.8 Å². The number of methoxy groups -OCH3 is 1. The molecule has 36 heavy (non-hydrogen) atoms. The number of esters is 1. The van der Waals surface area contributed by atoms with Gasteiger partial charge >= 0.3 is 18.2 Å². The van der Waals surface area contributed by atoms with E-state index in [9.17, 15) is 27.6 Å². The second kappa shape index (κ2) is 12.4. The SMILES string of the molecule is COC(=O)C(CCC1NC(=O)C(OCc2ccccc2)C1C(F)(F)F)NC(=O)OCc1ccccc1. The molecule has 3 rings (SSSR count). The Morgan fingerprint density at radius 3 is 2.14 bits per heavy atom. The highest BCUT2D eigenvalue weighted by Crippen LogP contribution is 2.38. The molecule has 194 valence electrons. The van der Waals surface area contributed by atoms with Crippen molar-refractivity contribution in [3.8, 4) is 0 Å². The molecular weight excluding hydrogens is 481 g/mol. The summed E-state index contributed by atoms with van der Waals surface area (Å²) >= 11 is 0. The average Bonchev–Trinajstić information content (AvgIpc) is 3.20. The number of carbonyl (C=O) groups is 3. The first-order chi connectivity index (χ1) is 17.2. The number of hydrogen-bond donors (Lipinski definition) is 2. The Balaban J connectivity index is 1.61. The summed E-state index contributed by atoms with van der Waals surface area (Å²) in [5.74, 6) is -3.86. The van der Waals surface area contributed by atoms with Crippen molar-refractivity contribution in [1.82, 2.24) is 10.6 Å². The number of halogens is 3. The zero-order valence-electron chi connectivity index (χ0n) is 19.5. The third-order valence-corrected chi connectivity index (χ3v) is 5.75. The lowest BCUT2D eigenvalue weighted by Crippen LogP contribution is -2.44. The van der Waals surface area contributed by atoms with Crippen LogP contribution in [-0.4, -0.2) is 49.4 Å². The molecule has 1 aliphatic rings. The fourth-order valence-electron chi connectivity index (χ4n) is 3.96. The molecule has 11 heteroatoms. The van der Waals surface area contributed by atoms with E-state index in [0.29, 0.717) is 11.1 Å². The van der Waals surface area contributed by atoms with Gasteiger partial charge in [-0.25, -0.2) is 9.59 Å². The number of ether oxygens (including phenoxy) is 3. The lowest BCUT2D eigenvalue weighted by atomic mass is 9.92. The molecule has 0 aliphatic carbocycles. The van der Waals surface area contributed by atoms with E-state index in [4.69, 9.17) is 9.47 Å². The zero-order valence-corrected chi connectivity index (χ0v) is 19.5. The van der Waals surface area contributed by atoms with E-state index >= 15 is 0 Å². The Morgan fingerprint density at radius 2 is 1.58 bits per heavy atom. The van der Waals surface area contributed by atoms with Gasteiger partial charge in [0.2, 0.25) is 5.91 Å². The molecule has 4 atom stereocenters. The van der Waals surface area contributed by atoms with E-state index in [2.05, 4.69) is 15.4 Å². The highest BCUT2D eigenvalue weighted by Gasteiger charge is 2.57. The summed E-state index contributed by atoms with van der Waals surface area (Å²) in [6.45, 7) is -0.229. The Kier molecular flexibility index (Phi) is 9.29. The van der Waals surface area contributed by atoms with E-state index < -0.39 is 48.3 Å². The maximum Gasteiger partial charge on any atom is 0.408 e. The van der Waals surface area contributed by atoms with Crippen molar-refractivity contribution >= 4 is 18.0 Å². The van der Waals surface area contributed by atoms with Crippen molar-refractivity contribution in [1.29, 1.82) is 0 Å². The molecule has 0 saturated carbocycles. The van der Waals surface area contributed by atoms with E-state index in [1.165, 1.54) is 0 Å². The van der Waals surface area contributed by atoms with Crippen LogP contribution in [0.25, 0.3) is 0 Å². The van der Waals surface area contributed by atoms with Gasteiger partial charge in [0.1, 0.15) is 24.7 Å². The normalized spacial score (nSPS) is 20.3. The first-order valence-corrected chi connectivity index (χ1v) is 11.3. The molecule has 8 nitrogen and oxygen atoms in total. The molecule has 2 aromatic carbocycles. The van der Waals surface area contributed by atoms with Gasteiger partial charge in [-0.1, -0.05) is 60.7 Å². The molecule has 4 unspecified atom stereocenters. The third-order valence-electron chi connectivity index (χ3n) is 5.75. The maximum atomic E-state index is 13.9. The van der Waals surface area contributed by atoms with E-state index in [1.54, 1.807) is 60.7 Å². The minimum atomic E-state index is -4.74. The van der Waals surface area contributed by atoms with Crippen molar-refractivity contribution in [2.75, 3.05) is 7.11 Å². The molecule has 1 aliphatic heterocycles. The highest BCUT2D eigenvalue weighted by molar-refractivity contribution is 5.84. The third kappa shape index (κ3) is 7.45. The summed E-state index contributed by atoms with van der Waals surface area (Å²) in [5.41, 5.74) is 1.34. The largest absolute Gasteiger partial charge is 0.467 e. The van der Waals surface area contributed by atoms with Crippen LogP contribution in [0.2, 0.25) is 0 Å². The second-order valence-electron chi connectivity index (χ2n) is 8.26. The predicted molar refractivity (Wildman–Crippen MR) is 121 cm³/mol. The van der Waals surface area contributed by atoms with Crippen LogP contribution in [0.4, 0.5) is 18.0 Å². The Morgan fingerprint density at radius 1 is 1.00 bits per heavy atom. The summed E-state index contributed by atoms with van der Waals surface area (Å²) in [4.78, 5) is 36.7. The second-order valence-corrected chi connectivity index (χ2v) is 8.26. The van der Waals surface area contributed by atoms with Crippen LogP contribution in [0, 0.1) is 5.92 Å². The van der Waals surface area contributed by atoms with Crippen LogP contribution in [0.15, 0.2) is 60.7 Å². The topological polar surface area (TPSA) is 103 Å². The number of amides is 2. The Labute approximate surface area is 206 Å². The molecule has 2 N–H and O–H groups in total. The van der Waals surface area contributed by atoms with Crippen molar-refractivity contribution in [2.24, 2.45) is 5.92 Å². The van der Waals surface area contributed by atoms with Gasteiger partial charge in [0.25, 0.3) is 0 Å². The standard InChI is InChI=1S/C25H27F3N2O6/c1-34-23(32)19(30-24(33)36-15-17-10-6-3-7-11-17)13-12-18-20(25(26,27)28)21(22(31)29-18)35-14-16-8-4-2-5-9-16/h2-11,18-21H,12-15H2,1H3,(H,29,31)(H,30,33). The molecule has 0 radical (unpaired) electrons. The molecule has 0 aromatic heterocycles. The van der Waals surface area contributed by atoms with Crippen molar-refractivity contribution in [3.63, 3.8) is 0 Å². The molecule has 0 spiro atoms. The number of hydrogen-bond acceptors (Lipinski definition) is 6. The smallest absolute Gasteiger partial charge is 0.408 e. The lowest BCUT2D eigenvalue weighted by Gasteiger charge is -2.26. The molecule has 2 aromatic rings. The minimum Gasteiger partial charge on any atom is -0.467 e. The highest BCUT2D eigenvalue weighted by atomic mass is 19.4. The monoisotopic (exact) mass is 508 g/mol. The fourth-order valence-corrected chi connectivity index (χ4v) is 3.96. The Hall–Kier alpha value is -3.60. The summed E-state index contributed by atoms with van der Waals surface area (Å²) in [6, 6.07) is 14.7. The first kappa shape index (κ1) is 27.0. The van der Waals surface area contributed by atoms with Gasteiger partial charge in [-0.15, -0.1) is 0 Å². The van der Waals surface area contributed by atoms with Gasteiger partial charge in [0.15, 0.2) is 0 Å². The number of rotatable bonds is 10. The fraction of sp³-hybridized carbons (Fsp3) is 0.400. The summed E-state index contributed by atoms with van der Waals surface area (Å²) in [6.07, 6.45) is -7.90. The van der Waals surface area contributed by atoms with Crippen LogP contribution in [0.5, 0.6) is 0 Å². The summed E-state index contributed by atoms with van der Waals surface area (Å²) in [7, 11) is 1.09.